The van der Waals surface area contributed by atoms with E-state index in [1.165, 1.54) is 0 Å². The Balaban J connectivity index is 2.57. The number of nitrogens with one attached hydrogen (secondary N) is 2. The number of hydrogen-bond acceptors (Lipinski definition) is 3. The van der Waals surface area contributed by atoms with Crippen molar-refractivity contribution in [2.24, 2.45) is 5.73 Å². The summed E-state index contributed by atoms with van der Waals surface area (Å²) >= 11 is 0. The molecule has 5 heteroatoms. The van der Waals surface area contributed by atoms with Crippen LogP contribution in [0.25, 0.3) is 0 Å². The summed E-state index contributed by atoms with van der Waals surface area (Å²) < 4.78 is 0. The first kappa shape index (κ1) is 17.2. The summed E-state index contributed by atoms with van der Waals surface area (Å²) in [5.74, 6) is -0.561. The van der Waals surface area contributed by atoms with Gasteiger partial charge in [0.1, 0.15) is 0 Å². The van der Waals surface area contributed by atoms with Crippen LogP contribution >= 0.6 is 0 Å². The number of aryl methyl sites for hydroxylation is 2. The molecule has 0 saturated heterocycles. The predicted octanol–water partition coefficient (Wildman–Crippen LogP) is 1.88. The van der Waals surface area contributed by atoms with E-state index < -0.39 is 5.54 Å². The van der Waals surface area contributed by atoms with E-state index in [0.717, 1.165) is 23.2 Å². The molecule has 0 radical (unpaired) electrons. The maximum Gasteiger partial charge on any atom is 0.243 e. The third-order valence-corrected chi connectivity index (χ3v) is 3.44. The average molecular weight is 291 g/mol. The van der Waals surface area contributed by atoms with Gasteiger partial charge in [0, 0.05) is 5.69 Å². The molecule has 0 saturated carbocycles. The molecule has 1 unspecified atom stereocenters. The summed E-state index contributed by atoms with van der Waals surface area (Å²) in [6.45, 7) is 7.42. The normalized spacial score (nSPS) is 13.4. The molecule has 0 heterocycles. The fraction of sp³-hybridized carbons (Fsp3) is 0.500. The van der Waals surface area contributed by atoms with E-state index >= 15 is 0 Å². The standard InChI is InChI=1S/C16H25N3O2/c1-5-9-16(4,17)15(21)18-10-13(20)19-14-11(2)7-6-8-12(14)3/h6-8H,5,9-10,17H2,1-4H3,(H,18,21)(H,19,20). The lowest BCUT2D eigenvalue weighted by molar-refractivity contribution is -0.128. The molecular formula is C16H25N3O2. The smallest absolute Gasteiger partial charge is 0.243 e. The lowest BCUT2D eigenvalue weighted by Crippen LogP contribution is -2.52. The number of para-hydroxylation sites is 1. The topological polar surface area (TPSA) is 84.2 Å². The van der Waals surface area contributed by atoms with Crippen LogP contribution in [0.1, 0.15) is 37.8 Å². The minimum absolute atomic E-state index is 0.0802. The van der Waals surface area contributed by atoms with E-state index in [0.29, 0.717) is 6.42 Å². The Morgan fingerprint density at radius 1 is 1.24 bits per heavy atom. The van der Waals surface area contributed by atoms with Crippen molar-refractivity contribution in [1.82, 2.24) is 5.32 Å². The number of nitrogens with two attached hydrogens (primary N) is 1. The SMILES string of the molecule is CCCC(C)(N)C(=O)NCC(=O)Nc1c(C)cccc1C. The van der Waals surface area contributed by atoms with Gasteiger partial charge in [-0.15, -0.1) is 0 Å². The number of carbonyl (C=O) groups excluding carboxylic acids is 2. The molecule has 0 fully saturated rings. The Morgan fingerprint density at radius 3 is 2.33 bits per heavy atom. The highest BCUT2D eigenvalue weighted by atomic mass is 16.2. The number of amides is 2. The summed E-state index contributed by atoms with van der Waals surface area (Å²) in [5.41, 5.74) is 7.75. The Bertz CT molecular complexity index is 504. The van der Waals surface area contributed by atoms with E-state index in [1.807, 2.05) is 39.0 Å². The van der Waals surface area contributed by atoms with Crippen LogP contribution < -0.4 is 16.4 Å². The summed E-state index contributed by atoms with van der Waals surface area (Å²) in [4.78, 5) is 23.9. The van der Waals surface area contributed by atoms with Gasteiger partial charge in [-0.3, -0.25) is 9.59 Å². The molecule has 1 aromatic rings. The number of carbonyl (C=O) groups is 2. The molecule has 21 heavy (non-hydrogen) atoms. The number of rotatable bonds is 6. The Hall–Kier alpha value is -1.88. The van der Waals surface area contributed by atoms with Crippen LogP contribution in [0, 0.1) is 13.8 Å². The highest BCUT2D eigenvalue weighted by Crippen LogP contribution is 2.19. The monoisotopic (exact) mass is 291 g/mol. The van der Waals surface area contributed by atoms with Gasteiger partial charge in [0.2, 0.25) is 11.8 Å². The molecule has 0 aliphatic carbocycles. The Kier molecular flexibility index (Phi) is 5.90. The Morgan fingerprint density at radius 2 is 1.81 bits per heavy atom. The van der Waals surface area contributed by atoms with Gasteiger partial charge in [-0.25, -0.2) is 0 Å². The lowest BCUT2D eigenvalue weighted by Gasteiger charge is -2.22. The van der Waals surface area contributed by atoms with Crippen molar-refractivity contribution in [3.05, 3.63) is 29.3 Å². The molecule has 4 N–H and O–H groups in total. The zero-order valence-electron chi connectivity index (χ0n) is 13.2. The highest BCUT2D eigenvalue weighted by Gasteiger charge is 2.27. The molecular weight excluding hydrogens is 266 g/mol. The van der Waals surface area contributed by atoms with Gasteiger partial charge in [0.15, 0.2) is 0 Å². The largest absolute Gasteiger partial charge is 0.345 e. The van der Waals surface area contributed by atoms with Gasteiger partial charge in [0.25, 0.3) is 0 Å². The first-order valence-corrected chi connectivity index (χ1v) is 7.21. The van der Waals surface area contributed by atoms with Crippen LogP contribution in [0.4, 0.5) is 5.69 Å². The molecule has 116 valence electrons. The molecule has 0 aromatic heterocycles. The predicted molar refractivity (Wildman–Crippen MR) is 85.1 cm³/mol. The summed E-state index contributed by atoms with van der Waals surface area (Å²) in [7, 11) is 0. The van der Waals surface area contributed by atoms with Crippen molar-refractivity contribution in [3.8, 4) is 0 Å². The molecule has 1 rings (SSSR count). The first-order chi connectivity index (χ1) is 9.77. The molecule has 2 amide bonds. The van der Waals surface area contributed by atoms with Gasteiger partial charge in [-0.1, -0.05) is 31.5 Å². The van der Waals surface area contributed by atoms with Gasteiger partial charge < -0.3 is 16.4 Å². The van der Waals surface area contributed by atoms with Crippen LogP contribution in [0.2, 0.25) is 0 Å². The van der Waals surface area contributed by atoms with Gasteiger partial charge in [0.05, 0.1) is 12.1 Å². The van der Waals surface area contributed by atoms with Crippen molar-refractivity contribution in [3.63, 3.8) is 0 Å². The molecule has 0 bridgehead atoms. The van der Waals surface area contributed by atoms with Crippen molar-refractivity contribution in [1.29, 1.82) is 0 Å². The van der Waals surface area contributed by atoms with E-state index in [1.54, 1.807) is 6.92 Å². The van der Waals surface area contributed by atoms with Crippen LogP contribution in [-0.2, 0) is 9.59 Å². The quantitative estimate of drug-likeness (QED) is 0.748. The summed E-state index contributed by atoms with van der Waals surface area (Å²) in [6.07, 6.45) is 1.40. The van der Waals surface area contributed by atoms with E-state index in [2.05, 4.69) is 10.6 Å². The first-order valence-electron chi connectivity index (χ1n) is 7.21. The minimum Gasteiger partial charge on any atom is -0.345 e. The molecule has 0 aliphatic rings. The Labute approximate surface area is 126 Å². The van der Waals surface area contributed by atoms with Crippen molar-refractivity contribution >= 4 is 17.5 Å². The molecule has 5 nitrogen and oxygen atoms in total. The zero-order chi connectivity index (χ0) is 16.0. The fourth-order valence-corrected chi connectivity index (χ4v) is 2.19. The maximum atomic E-state index is 11.9. The minimum atomic E-state index is -0.937. The zero-order valence-corrected chi connectivity index (χ0v) is 13.2. The van der Waals surface area contributed by atoms with Crippen LogP contribution in [-0.4, -0.2) is 23.9 Å². The lowest BCUT2D eigenvalue weighted by atomic mass is 9.96. The van der Waals surface area contributed by atoms with Gasteiger partial charge >= 0.3 is 0 Å². The second-order valence-electron chi connectivity index (χ2n) is 5.67. The highest BCUT2D eigenvalue weighted by molar-refractivity contribution is 5.97. The molecule has 1 aromatic carbocycles. The summed E-state index contributed by atoms with van der Waals surface area (Å²) in [5, 5.41) is 5.41. The van der Waals surface area contributed by atoms with Gasteiger partial charge in [-0.2, -0.15) is 0 Å². The number of anilines is 1. The maximum absolute atomic E-state index is 11.9. The van der Waals surface area contributed by atoms with E-state index in [-0.39, 0.29) is 18.4 Å². The van der Waals surface area contributed by atoms with Crippen LogP contribution in [0.15, 0.2) is 18.2 Å². The van der Waals surface area contributed by atoms with Crippen LogP contribution in [0.3, 0.4) is 0 Å². The van der Waals surface area contributed by atoms with Crippen molar-refractivity contribution < 1.29 is 9.59 Å². The average Bonchev–Trinajstić information content (AvgIpc) is 2.40. The molecule has 0 aliphatic heterocycles. The van der Waals surface area contributed by atoms with E-state index in [9.17, 15) is 9.59 Å². The number of hydrogen-bond donors (Lipinski definition) is 3. The second-order valence-corrected chi connectivity index (χ2v) is 5.67. The van der Waals surface area contributed by atoms with Crippen LogP contribution in [0.5, 0.6) is 0 Å². The van der Waals surface area contributed by atoms with Gasteiger partial charge in [-0.05, 0) is 38.3 Å². The van der Waals surface area contributed by atoms with Crippen molar-refractivity contribution in [2.75, 3.05) is 11.9 Å². The summed E-state index contributed by atoms with van der Waals surface area (Å²) in [6, 6.07) is 5.80. The third-order valence-electron chi connectivity index (χ3n) is 3.44. The fourth-order valence-electron chi connectivity index (χ4n) is 2.19. The van der Waals surface area contributed by atoms with Crippen molar-refractivity contribution in [2.45, 2.75) is 46.1 Å². The number of benzene rings is 1. The molecule has 0 spiro atoms. The second kappa shape index (κ2) is 7.22. The van der Waals surface area contributed by atoms with E-state index in [4.69, 9.17) is 5.73 Å². The third kappa shape index (κ3) is 4.86. The molecule has 1 atom stereocenters.